The van der Waals surface area contributed by atoms with Gasteiger partial charge in [-0.15, -0.1) is 0 Å². The first kappa shape index (κ1) is 30.4. The van der Waals surface area contributed by atoms with Gasteiger partial charge in [-0.3, -0.25) is 19.3 Å². The molecule has 2 aromatic carbocycles. The fourth-order valence-corrected chi connectivity index (χ4v) is 6.35. The van der Waals surface area contributed by atoms with Crippen molar-refractivity contribution in [3.05, 3.63) is 69.7 Å². The van der Waals surface area contributed by atoms with E-state index in [-0.39, 0.29) is 41.8 Å². The highest BCUT2D eigenvalue weighted by Crippen LogP contribution is 2.31. The van der Waals surface area contributed by atoms with Crippen molar-refractivity contribution < 1.29 is 14.4 Å². The van der Waals surface area contributed by atoms with E-state index in [0.717, 1.165) is 24.8 Å². The van der Waals surface area contributed by atoms with E-state index in [1.54, 1.807) is 17.0 Å². The Hall–Kier alpha value is -2.61. The molecule has 216 valence electrons. The Morgan fingerprint density at radius 2 is 1.80 bits per heavy atom. The largest absolute Gasteiger partial charge is 0.352 e. The topological polar surface area (TPSA) is 81.8 Å². The van der Waals surface area contributed by atoms with Gasteiger partial charge >= 0.3 is 0 Å². The third-order valence-electron chi connectivity index (χ3n) is 7.92. The van der Waals surface area contributed by atoms with Crippen molar-refractivity contribution in [2.75, 3.05) is 13.1 Å². The van der Waals surface area contributed by atoms with E-state index in [1.807, 2.05) is 24.3 Å². The quantitative estimate of drug-likeness (QED) is 0.417. The molecule has 2 aliphatic heterocycles. The zero-order valence-corrected chi connectivity index (χ0v) is 25.0. The van der Waals surface area contributed by atoms with Crippen LogP contribution in [0.2, 0.25) is 10.0 Å². The van der Waals surface area contributed by atoms with Gasteiger partial charge in [0, 0.05) is 38.6 Å². The lowest BCUT2D eigenvalue weighted by Gasteiger charge is -2.33. The molecule has 0 bridgehead atoms. The van der Waals surface area contributed by atoms with Gasteiger partial charge in [-0.05, 0) is 61.3 Å². The van der Waals surface area contributed by atoms with Crippen LogP contribution in [0.5, 0.6) is 0 Å². The molecule has 0 radical (unpaired) electrons. The van der Waals surface area contributed by atoms with Crippen LogP contribution in [0.15, 0.2) is 48.5 Å². The van der Waals surface area contributed by atoms with Crippen LogP contribution in [0.3, 0.4) is 0 Å². The molecule has 4 atom stereocenters. The molecule has 2 heterocycles. The highest BCUT2D eigenvalue weighted by Gasteiger charge is 2.46. The lowest BCUT2D eigenvalue weighted by atomic mass is 9.99. The Labute approximate surface area is 247 Å². The highest BCUT2D eigenvalue weighted by molar-refractivity contribution is 6.42. The molecule has 7 nitrogen and oxygen atoms in total. The molecular formula is C31H40Cl2N4O3. The van der Waals surface area contributed by atoms with Crippen molar-refractivity contribution in [3.8, 4) is 0 Å². The summed E-state index contributed by atoms with van der Waals surface area (Å²) in [4.78, 5) is 43.7. The van der Waals surface area contributed by atoms with Crippen LogP contribution >= 0.6 is 23.2 Å². The molecule has 2 aliphatic rings. The van der Waals surface area contributed by atoms with Gasteiger partial charge in [0.15, 0.2) is 0 Å². The standard InChI is InChI=1S/C31H40Cl2N4O3/c1-20(2)15-28(30(39)34-18-23-10-12-26(32)27(33)16-23)36-14-13-25(11-9-22-7-5-4-6-8-22)37-19-24(35-21(3)38)17-29(37)31(36)40/h4-8,10,12,16,20,24-25,28-29H,9,11,13-15,17-19H2,1-3H3,(H,34,39)(H,35,38)/t24-,25?,28?,29+/m1/s1. The van der Waals surface area contributed by atoms with Gasteiger partial charge in [-0.25, -0.2) is 0 Å². The van der Waals surface area contributed by atoms with Gasteiger partial charge < -0.3 is 15.5 Å². The summed E-state index contributed by atoms with van der Waals surface area (Å²) in [6.45, 7) is 7.11. The second-order valence-corrected chi connectivity index (χ2v) is 12.3. The molecule has 0 aromatic heterocycles. The number of carbonyl (C=O) groups is 3. The number of amides is 3. The maximum absolute atomic E-state index is 14.1. The third-order valence-corrected chi connectivity index (χ3v) is 8.66. The number of hydrogen-bond donors (Lipinski definition) is 2. The van der Waals surface area contributed by atoms with Crippen molar-refractivity contribution in [2.45, 2.75) is 83.6 Å². The first-order valence-corrected chi connectivity index (χ1v) is 15.0. The molecule has 2 N–H and O–H groups in total. The smallest absolute Gasteiger partial charge is 0.243 e. The molecule has 9 heteroatoms. The van der Waals surface area contributed by atoms with Crippen LogP contribution in [0.4, 0.5) is 0 Å². The summed E-state index contributed by atoms with van der Waals surface area (Å²) in [5.74, 6) is -0.0613. The van der Waals surface area contributed by atoms with Crippen LogP contribution in [0, 0.1) is 5.92 Å². The Balaban J connectivity index is 1.53. The average molecular weight is 588 g/mol. The van der Waals surface area contributed by atoms with Crippen LogP contribution in [-0.2, 0) is 27.3 Å². The predicted octanol–water partition coefficient (Wildman–Crippen LogP) is 4.84. The Kier molecular flexibility index (Phi) is 10.5. The Morgan fingerprint density at radius 1 is 1.05 bits per heavy atom. The minimum absolute atomic E-state index is 0.0228. The maximum Gasteiger partial charge on any atom is 0.243 e. The summed E-state index contributed by atoms with van der Waals surface area (Å²) < 4.78 is 0. The maximum atomic E-state index is 14.1. The molecule has 2 unspecified atom stereocenters. The zero-order valence-electron chi connectivity index (χ0n) is 23.5. The van der Waals surface area contributed by atoms with Crippen molar-refractivity contribution in [1.29, 1.82) is 0 Å². The number of benzene rings is 2. The normalized spacial score (nSPS) is 22.1. The number of aryl methyl sites for hydroxylation is 1. The van der Waals surface area contributed by atoms with Gasteiger partial charge in [0.1, 0.15) is 6.04 Å². The fourth-order valence-electron chi connectivity index (χ4n) is 6.03. The van der Waals surface area contributed by atoms with Crippen molar-refractivity contribution in [2.24, 2.45) is 5.92 Å². The lowest BCUT2D eigenvalue weighted by molar-refractivity contribution is -0.143. The molecule has 3 amide bonds. The molecule has 40 heavy (non-hydrogen) atoms. The minimum Gasteiger partial charge on any atom is -0.352 e. The van der Waals surface area contributed by atoms with Gasteiger partial charge in [0.25, 0.3) is 0 Å². The van der Waals surface area contributed by atoms with Crippen LogP contribution in [-0.4, -0.2) is 64.8 Å². The monoisotopic (exact) mass is 586 g/mol. The second-order valence-electron chi connectivity index (χ2n) is 11.5. The lowest BCUT2D eigenvalue weighted by Crippen LogP contribution is -2.53. The fraction of sp³-hybridized carbons (Fsp3) is 0.516. The molecule has 0 saturated carbocycles. The summed E-state index contributed by atoms with van der Waals surface area (Å²) >= 11 is 12.2. The van der Waals surface area contributed by atoms with Crippen LogP contribution < -0.4 is 10.6 Å². The zero-order chi connectivity index (χ0) is 28.8. The number of hydrogen-bond acceptors (Lipinski definition) is 4. The Bertz CT molecular complexity index is 1190. The van der Waals surface area contributed by atoms with E-state index in [1.165, 1.54) is 12.5 Å². The van der Waals surface area contributed by atoms with E-state index in [0.29, 0.717) is 42.5 Å². The van der Waals surface area contributed by atoms with Crippen molar-refractivity contribution in [1.82, 2.24) is 20.4 Å². The number of nitrogens with one attached hydrogen (secondary N) is 2. The van der Waals surface area contributed by atoms with E-state index >= 15 is 0 Å². The minimum atomic E-state index is -0.579. The first-order valence-electron chi connectivity index (χ1n) is 14.2. The number of halogens is 2. The van der Waals surface area contributed by atoms with Crippen molar-refractivity contribution >= 4 is 40.9 Å². The van der Waals surface area contributed by atoms with Gasteiger partial charge in [0.2, 0.25) is 17.7 Å². The third kappa shape index (κ3) is 7.77. The summed E-state index contributed by atoms with van der Waals surface area (Å²) in [5.41, 5.74) is 2.11. The summed E-state index contributed by atoms with van der Waals surface area (Å²) in [6, 6.07) is 14.8. The van der Waals surface area contributed by atoms with Gasteiger partial charge in [-0.2, -0.15) is 0 Å². The predicted molar refractivity (Wildman–Crippen MR) is 159 cm³/mol. The molecule has 2 aromatic rings. The number of fused-ring (bicyclic) bond motifs is 1. The second kappa shape index (κ2) is 13.8. The van der Waals surface area contributed by atoms with Gasteiger partial charge in [-0.1, -0.05) is 73.4 Å². The van der Waals surface area contributed by atoms with E-state index in [4.69, 9.17) is 23.2 Å². The van der Waals surface area contributed by atoms with Crippen LogP contribution in [0.1, 0.15) is 57.6 Å². The molecule has 2 fully saturated rings. The van der Waals surface area contributed by atoms with E-state index in [9.17, 15) is 14.4 Å². The van der Waals surface area contributed by atoms with Crippen molar-refractivity contribution in [3.63, 3.8) is 0 Å². The SMILES string of the molecule is CC(=O)N[C@@H]1C[C@H]2C(=O)N(C(CC(C)C)C(=O)NCc3ccc(Cl)c(Cl)c3)CCC(CCc3ccccc3)N2C1. The molecule has 0 aliphatic carbocycles. The van der Waals surface area contributed by atoms with E-state index < -0.39 is 6.04 Å². The average Bonchev–Trinajstić information content (AvgIpc) is 3.28. The summed E-state index contributed by atoms with van der Waals surface area (Å²) in [6.07, 6.45) is 3.71. The number of rotatable bonds is 10. The molecular weight excluding hydrogens is 547 g/mol. The van der Waals surface area contributed by atoms with Gasteiger partial charge in [0.05, 0.1) is 16.1 Å². The molecule has 2 saturated heterocycles. The van der Waals surface area contributed by atoms with E-state index in [2.05, 4.69) is 41.5 Å². The van der Waals surface area contributed by atoms with Crippen LogP contribution in [0.25, 0.3) is 0 Å². The highest BCUT2D eigenvalue weighted by atomic mass is 35.5. The molecule has 0 spiro atoms. The number of carbonyl (C=O) groups excluding carboxylic acids is 3. The molecule has 4 rings (SSSR count). The number of nitrogens with zero attached hydrogens (tertiary/aromatic N) is 2. The Morgan fingerprint density at radius 3 is 2.48 bits per heavy atom. The summed E-state index contributed by atoms with van der Waals surface area (Å²) in [7, 11) is 0. The summed E-state index contributed by atoms with van der Waals surface area (Å²) in [5, 5.41) is 6.96. The first-order chi connectivity index (χ1) is 19.1.